The van der Waals surface area contributed by atoms with E-state index in [1.54, 1.807) is 12.3 Å². The predicted molar refractivity (Wildman–Crippen MR) is 57.4 cm³/mol. The lowest BCUT2D eigenvalue weighted by molar-refractivity contribution is -0.115. The molecule has 0 aliphatic carbocycles. The number of rotatable bonds is 8. The van der Waals surface area contributed by atoms with Crippen molar-refractivity contribution in [3.8, 4) is 0 Å². The Bertz CT molecular complexity index is 160. The predicted octanol–water partition coefficient (Wildman–Crippen LogP) is 0.607. The molecule has 4 heteroatoms. The van der Waals surface area contributed by atoms with Gasteiger partial charge in [-0.2, -0.15) is 0 Å². The van der Waals surface area contributed by atoms with Crippen molar-refractivity contribution in [1.29, 1.82) is 0 Å². The monoisotopic (exact) mass is 201 g/mol. The molecule has 0 heterocycles. The van der Waals surface area contributed by atoms with Crippen LogP contribution in [-0.4, -0.2) is 28.7 Å². The summed E-state index contributed by atoms with van der Waals surface area (Å²) in [5.74, 6) is 0.131. The SMILES string of the molecule is CCNC=CC(=O)CCO[SiH2]CC. The van der Waals surface area contributed by atoms with Gasteiger partial charge in [0.1, 0.15) is 0 Å². The van der Waals surface area contributed by atoms with Crippen molar-refractivity contribution in [2.24, 2.45) is 0 Å². The molecule has 0 aromatic carbocycles. The molecule has 0 fully saturated rings. The van der Waals surface area contributed by atoms with E-state index in [0.29, 0.717) is 13.0 Å². The standard InChI is InChI=1S/C9H19NO2Si/c1-3-10-7-5-9(11)6-8-12-13-4-2/h5,7,10H,3-4,6,8,13H2,1-2H3. The summed E-state index contributed by atoms with van der Waals surface area (Å²) in [6.45, 7) is 5.54. The number of ketones is 1. The highest BCUT2D eigenvalue weighted by atomic mass is 28.2. The lowest BCUT2D eigenvalue weighted by Crippen LogP contribution is -2.06. The Hall–Kier alpha value is -0.613. The van der Waals surface area contributed by atoms with Gasteiger partial charge in [-0.1, -0.05) is 6.92 Å². The first-order chi connectivity index (χ1) is 6.31. The maximum atomic E-state index is 11.1. The molecule has 0 amide bonds. The highest BCUT2D eigenvalue weighted by molar-refractivity contribution is 6.26. The van der Waals surface area contributed by atoms with Crippen LogP contribution in [-0.2, 0) is 9.22 Å². The molecular formula is C9H19NO2Si. The molecular weight excluding hydrogens is 182 g/mol. The molecule has 0 atom stereocenters. The van der Waals surface area contributed by atoms with Crippen molar-refractivity contribution >= 4 is 15.5 Å². The molecule has 0 rings (SSSR count). The van der Waals surface area contributed by atoms with Crippen LogP contribution in [0.1, 0.15) is 20.3 Å². The maximum absolute atomic E-state index is 11.1. The number of hydrogen-bond donors (Lipinski definition) is 1. The summed E-state index contributed by atoms with van der Waals surface area (Å²) in [6.07, 6.45) is 3.77. The zero-order chi connectivity index (χ0) is 9.94. The Labute approximate surface area is 82.5 Å². The van der Waals surface area contributed by atoms with Crippen molar-refractivity contribution in [3.05, 3.63) is 12.3 Å². The summed E-state index contributed by atoms with van der Waals surface area (Å²) in [4.78, 5) is 11.1. The fraction of sp³-hybridized carbons (Fsp3) is 0.667. The summed E-state index contributed by atoms with van der Waals surface area (Å²) in [6, 6.07) is 1.14. The number of carbonyl (C=O) groups is 1. The van der Waals surface area contributed by atoms with Crippen LogP contribution in [0.5, 0.6) is 0 Å². The van der Waals surface area contributed by atoms with E-state index in [9.17, 15) is 4.79 Å². The minimum Gasteiger partial charge on any atom is -0.424 e. The van der Waals surface area contributed by atoms with Crippen LogP contribution in [0.15, 0.2) is 12.3 Å². The number of hydrogen-bond acceptors (Lipinski definition) is 3. The van der Waals surface area contributed by atoms with Crippen LogP contribution in [0.2, 0.25) is 6.04 Å². The van der Waals surface area contributed by atoms with E-state index in [4.69, 9.17) is 4.43 Å². The fourth-order valence-corrected chi connectivity index (χ4v) is 1.41. The molecule has 0 aliphatic rings. The maximum Gasteiger partial charge on any atom is 0.161 e. The average molecular weight is 201 g/mol. The Morgan fingerprint density at radius 2 is 2.31 bits per heavy atom. The van der Waals surface area contributed by atoms with Gasteiger partial charge in [0, 0.05) is 19.6 Å². The molecule has 0 aliphatic heterocycles. The van der Waals surface area contributed by atoms with E-state index in [1.165, 1.54) is 0 Å². The van der Waals surface area contributed by atoms with Crippen LogP contribution in [0.3, 0.4) is 0 Å². The molecule has 0 unspecified atom stereocenters. The molecule has 0 saturated carbocycles. The number of allylic oxidation sites excluding steroid dienone is 1. The van der Waals surface area contributed by atoms with Gasteiger partial charge in [-0.3, -0.25) is 4.79 Å². The first kappa shape index (κ1) is 12.4. The average Bonchev–Trinajstić information content (AvgIpc) is 2.13. The number of nitrogens with one attached hydrogen (secondary N) is 1. The van der Waals surface area contributed by atoms with E-state index in [-0.39, 0.29) is 15.5 Å². The second kappa shape index (κ2) is 9.47. The zero-order valence-corrected chi connectivity index (χ0v) is 9.92. The minimum absolute atomic E-state index is 0.131. The first-order valence-electron chi connectivity index (χ1n) is 4.81. The fourth-order valence-electron chi connectivity index (χ4n) is 0.772. The first-order valence-corrected chi connectivity index (χ1v) is 6.39. The smallest absolute Gasteiger partial charge is 0.161 e. The van der Waals surface area contributed by atoms with Crippen molar-refractivity contribution in [1.82, 2.24) is 5.32 Å². The largest absolute Gasteiger partial charge is 0.424 e. The normalized spacial score (nSPS) is 11.5. The van der Waals surface area contributed by atoms with Crippen LogP contribution >= 0.6 is 0 Å². The Kier molecular flexibility index (Phi) is 9.03. The van der Waals surface area contributed by atoms with Crippen LogP contribution in [0.25, 0.3) is 0 Å². The molecule has 13 heavy (non-hydrogen) atoms. The molecule has 0 aromatic rings. The van der Waals surface area contributed by atoms with E-state index >= 15 is 0 Å². The lowest BCUT2D eigenvalue weighted by Gasteiger charge is -1.98. The van der Waals surface area contributed by atoms with Gasteiger partial charge < -0.3 is 9.74 Å². The van der Waals surface area contributed by atoms with Gasteiger partial charge in [0.2, 0.25) is 0 Å². The summed E-state index contributed by atoms with van der Waals surface area (Å²) in [5, 5.41) is 2.95. The summed E-state index contributed by atoms with van der Waals surface area (Å²) in [7, 11) is -0.337. The van der Waals surface area contributed by atoms with Crippen LogP contribution < -0.4 is 5.32 Å². The third-order valence-electron chi connectivity index (χ3n) is 1.43. The summed E-state index contributed by atoms with van der Waals surface area (Å²) in [5.41, 5.74) is 0. The molecule has 3 nitrogen and oxygen atoms in total. The van der Waals surface area contributed by atoms with Crippen molar-refractivity contribution < 1.29 is 9.22 Å². The van der Waals surface area contributed by atoms with Gasteiger partial charge in [-0.15, -0.1) is 0 Å². The van der Waals surface area contributed by atoms with Crippen molar-refractivity contribution in [3.63, 3.8) is 0 Å². The van der Waals surface area contributed by atoms with E-state index in [1.807, 2.05) is 6.92 Å². The molecule has 0 spiro atoms. The van der Waals surface area contributed by atoms with E-state index in [2.05, 4.69) is 12.2 Å². The van der Waals surface area contributed by atoms with Gasteiger partial charge in [-0.25, -0.2) is 0 Å². The van der Waals surface area contributed by atoms with E-state index in [0.717, 1.165) is 12.6 Å². The van der Waals surface area contributed by atoms with Gasteiger partial charge in [0.05, 0.1) is 0 Å². The second-order valence-electron chi connectivity index (χ2n) is 2.72. The van der Waals surface area contributed by atoms with Crippen molar-refractivity contribution in [2.45, 2.75) is 26.3 Å². The lowest BCUT2D eigenvalue weighted by atomic mass is 10.3. The van der Waals surface area contributed by atoms with E-state index < -0.39 is 0 Å². The van der Waals surface area contributed by atoms with Gasteiger partial charge in [0.15, 0.2) is 15.5 Å². The highest BCUT2D eigenvalue weighted by Gasteiger charge is 1.95. The molecule has 76 valence electrons. The van der Waals surface area contributed by atoms with Gasteiger partial charge >= 0.3 is 0 Å². The molecule has 0 saturated heterocycles. The quantitative estimate of drug-likeness (QED) is 0.355. The van der Waals surface area contributed by atoms with Gasteiger partial charge in [0.25, 0.3) is 0 Å². The van der Waals surface area contributed by atoms with Crippen LogP contribution in [0.4, 0.5) is 0 Å². The molecule has 1 N–H and O–H groups in total. The number of carbonyl (C=O) groups excluding carboxylic acids is 1. The Balaban J connectivity index is 3.29. The Morgan fingerprint density at radius 1 is 1.54 bits per heavy atom. The third-order valence-corrected chi connectivity index (χ3v) is 2.42. The molecule has 0 aromatic heterocycles. The Morgan fingerprint density at radius 3 is 2.92 bits per heavy atom. The minimum atomic E-state index is -0.337. The summed E-state index contributed by atoms with van der Waals surface area (Å²) < 4.78 is 5.32. The topological polar surface area (TPSA) is 38.3 Å². The van der Waals surface area contributed by atoms with Crippen LogP contribution in [0, 0.1) is 0 Å². The second-order valence-corrected chi connectivity index (χ2v) is 4.54. The molecule has 0 bridgehead atoms. The highest BCUT2D eigenvalue weighted by Crippen LogP contribution is 1.87. The van der Waals surface area contributed by atoms with Gasteiger partial charge in [-0.05, 0) is 25.2 Å². The summed E-state index contributed by atoms with van der Waals surface area (Å²) >= 11 is 0. The third kappa shape index (κ3) is 9.30. The zero-order valence-electron chi connectivity index (χ0n) is 8.51. The molecule has 0 radical (unpaired) electrons. The van der Waals surface area contributed by atoms with Crippen molar-refractivity contribution in [2.75, 3.05) is 13.2 Å².